The Morgan fingerprint density at radius 1 is 1.15 bits per heavy atom. The van der Waals surface area contributed by atoms with E-state index in [2.05, 4.69) is 6.92 Å². The minimum Gasteiger partial charge on any atom is -0.480 e. The lowest BCUT2D eigenvalue weighted by atomic mass is 10.1. The van der Waals surface area contributed by atoms with E-state index in [1.165, 1.54) is 22.4 Å². The first-order chi connectivity index (χ1) is 9.42. The van der Waals surface area contributed by atoms with Crippen LogP contribution in [-0.2, 0) is 11.2 Å². The van der Waals surface area contributed by atoms with E-state index in [-0.39, 0.29) is 6.03 Å². The third-order valence-corrected chi connectivity index (χ3v) is 3.46. The first-order valence-electron chi connectivity index (χ1n) is 6.74. The normalized spacial score (nSPS) is 11.8. The van der Waals surface area contributed by atoms with Gasteiger partial charge in [-0.2, -0.15) is 0 Å². The number of likely N-dealkylation sites (N-methyl/N-ethyl adjacent to an activating group) is 1. The number of amides is 2. The van der Waals surface area contributed by atoms with Gasteiger partial charge in [0.2, 0.25) is 0 Å². The first-order valence-corrected chi connectivity index (χ1v) is 6.74. The molecule has 1 aromatic carbocycles. The molecule has 0 saturated carbocycles. The number of aryl methyl sites for hydroxylation is 1. The zero-order chi connectivity index (χ0) is 15.3. The standard InChI is InChI=1S/C15H22N2O3/c1-5-11-7-9-12(10-8-11)16(3)15(20)17(4)13(6-2)14(18)19/h7-10,13H,5-6H2,1-4H3,(H,18,19). The summed E-state index contributed by atoms with van der Waals surface area (Å²) in [4.78, 5) is 26.1. The van der Waals surface area contributed by atoms with Crippen molar-refractivity contribution >= 4 is 17.7 Å². The number of carbonyl (C=O) groups is 2. The highest BCUT2D eigenvalue weighted by molar-refractivity contribution is 5.93. The molecule has 0 aliphatic rings. The topological polar surface area (TPSA) is 60.9 Å². The van der Waals surface area contributed by atoms with Crippen LogP contribution in [0.2, 0.25) is 0 Å². The zero-order valence-corrected chi connectivity index (χ0v) is 12.5. The number of carboxylic acid groups (broad SMARTS) is 1. The maximum atomic E-state index is 12.3. The number of carbonyl (C=O) groups excluding carboxylic acids is 1. The van der Waals surface area contributed by atoms with Crippen LogP contribution < -0.4 is 4.90 Å². The Hall–Kier alpha value is -2.04. The van der Waals surface area contributed by atoms with Gasteiger partial charge in [0, 0.05) is 19.8 Å². The van der Waals surface area contributed by atoms with Crippen molar-refractivity contribution in [3.8, 4) is 0 Å². The summed E-state index contributed by atoms with van der Waals surface area (Å²) < 4.78 is 0. The molecule has 1 rings (SSSR count). The predicted molar refractivity (Wildman–Crippen MR) is 79.1 cm³/mol. The highest BCUT2D eigenvalue weighted by Gasteiger charge is 2.27. The molecule has 2 amide bonds. The number of nitrogens with zero attached hydrogens (tertiary/aromatic N) is 2. The van der Waals surface area contributed by atoms with Crippen LogP contribution in [-0.4, -0.2) is 42.1 Å². The summed E-state index contributed by atoms with van der Waals surface area (Å²) in [7, 11) is 3.16. The third kappa shape index (κ3) is 3.50. The maximum absolute atomic E-state index is 12.3. The first kappa shape index (κ1) is 16.0. The van der Waals surface area contributed by atoms with E-state index in [1.807, 2.05) is 24.3 Å². The average molecular weight is 278 g/mol. The molecule has 0 radical (unpaired) electrons. The summed E-state index contributed by atoms with van der Waals surface area (Å²) in [6.45, 7) is 3.81. The molecule has 1 unspecified atom stereocenters. The highest BCUT2D eigenvalue weighted by Crippen LogP contribution is 2.17. The minimum atomic E-state index is -0.988. The van der Waals surface area contributed by atoms with Gasteiger partial charge >= 0.3 is 12.0 Å². The summed E-state index contributed by atoms with van der Waals surface area (Å²) in [5, 5.41) is 9.10. The molecule has 0 aromatic heterocycles. The summed E-state index contributed by atoms with van der Waals surface area (Å²) in [6, 6.07) is 6.53. The van der Waals surface area contributed by atoms with E-state index in [4.69, 9.17) is 5.11 Å². The highest BCUT2D eigenvalue weighted by atomic mass is 16.4. The SMILES string of the molecule is CCc1ccc(N(C)C(=O)N(C)C(CC)C(=O)O)cc1. The number of hydrogen-bond acceptors (Lipinski definition) is 2. The Bertz CT molecular complexity index is 471. The van der Waals surface area contributed by atoms with Gasteiger partial charge in [-0.1, -0.05) is 26.0 Å². The Morgan fingerprint density at radius 2 is 1.70 bits per heavy atom. The van der Waals surface area contributed by atoms with Crippen molar-refractivity contribution in [3.05, 3.63) is 29.8 Å². The van der Waals surface area contributed by atoms with Crippen molar-refractivity contribution in [2.75, 3.05) is 19.0 Å². The molecule has 5 heteroatoms. The number of anilines is 1. The van der Waals surface area contributed by atoms with E-state index in [9.17, 15) is 9.59 Å². The second-order valence-corrected chi connectivity index (χ2v) is 4.73. The molecule has 1 aromatic rings. The quantitative estimate of drug-likeness (QED) is 0.900. The smallest absolute Gasteiger partial charge is 0.326 e. The monoisotopic (exact) mass is 278 g/mol. The van der Waals surface area contributed by atoms with Gasteiger partial charge < -0.3 is 10.0 Å². The summed E-state index contributed by atoms with van der Waals surface area (Å²) >= 11 is 0. The van der Waals surface area contributed by atoms with Crippen LogP contribution in [0.3, 0.4) is 0 Å². The molecule has 0 aliphatic heterocycles. The van der Waals surface area contributed by atoms with Gasteiger partial charge in [-0.15, -0.1) is 0 Å². The molecular formula is C15H22N2O3. The molecule has 1 atom stereocenters. The van der Waals surface area contributed by atoms with Crippen LogP contribution in [0.5, 0.6) is 0 Å². The molecule has 20 heavy (non-hydrogen) atoms. The van der Waals surface area contributed by atoms with Gasteiger partial charge in [0.1, 0.15) is 6.04 Å². The van der Waals surface area contributed by atoms with Crippen molar-refractivity contribution in [1.29, 1.82) is 0 Å². The van der Waals surface area contributed by atoms with Crippen LogP contribution in [0.15, 0.2) is 24.3 Å². The second-order valence-electron chi connectivity index (χ2n) is 4.73. The number of urea groups is 1. The lowest BCUT2D eigenvalue weighted by molar-refractivity contribution is -0.141. The van der Waals surface area contributed by atoms with Gasteiger partial charge in [-0.05, 0) is 30.5 Å². The lowest BCUT2D eigenvalue weighted by Crippen LogP contribution is -2.47. The van der Waals surface area contributed by atoms with Gasteiger partial charge in [-0.3, -0.25) is 4.90 Å². The fraction of sp³-hybridized carbons (Fsp3) is 0.467. The number of hydrogen-bond donors (Lipinski definition) is 1. The van der Waals surface area contributed by atoms with E-state index in [0.717, 1.165) is 12.1 Å². The Kier molecular flexibility index (Phi) is 5.55. The average Bonchev–Trinajstić information content (AvgIpc) is 2.46. The number of carboxylic acids is 1. The van der Waals surface area contributed by atoms with E-state index in [1.54, 1.807) is 14.0 Å². The van der Waals surface area contributed by atoms with Crippen molar-refractivity contribution < 1.29 is 14.7 Å². The number of rotatable bonds is 5. The fourth-order valence-corrected chi connectivity index (χ4v) is 2.05. The Morgan fingerprint density at radius 3 is 2.10 bits per heavy atom. The molecule has 0 heterocycles. The van der Waals surface area contributed by atoms with Crippen molar-refractivity contribution in [3.63, 3.8) is 0 Å². The van der Waals surface area contributed by atoms with Crippen molar-refractivity contribution in [1.82, 2.24) is 4.90 Å². The zero-order valence-electron chi connectivity index (χ0n) is 12.5. The van der Waals surface area contributed by atoms with Crippen LogP contribution in [0.25, 0.3) is 0 Å². The predicted octanol–water partition coefficient (Wildman–Crippen LogP) is 2.60. The largest absolute Gasteiger partial charge is 0.480 e. The third-order valence-electron chi connectivity index (χ3n) is 3.46. The van der Waals surface area contributed by atoms with Crippen LogP contribution in [0.1, 0.15) is 25.8 Å². The van der Waals surface area contributed by atoms with Crippen LogP contribution in [0.4, 0.5) is 10.5 Å². The van der Waals surface area contributed by atoms with E-state index in [0.29, 0.717) is 6.42 Å². The van der Waals surface area contributed by atoms with Gasteiger partial charge in [0.15, 0.2) is 0 Å². The second kappa shape index (κ2) is 6.93. The maximum Gasteiger partial charge on any atom is 0.326 e. The van der Waals surface area contributed by atoms with Crippen LogP contribution >= 0.6 is 0 Å². The molecule has 0 bridgehead atoms. The Balaban J connectivity index is 2.86. The molecule has 1 N–H and O–H groups in total. The fourth-order valence-electron chi connectivity index (χ4n) is 2.05. The van der Waals surface area contributed by atoms with E-state index >= 15 is 0 Å². The molecule has 0 aliphatic carbocycles. The molecule has 0 spiro atoms. The van der Waals surface area contributed by atoms with Gasteiger partial charge in [-0.25, -0.2) is 9.59 Å². The summed E-state index contributed by atoms with van der Waals surface area (Å²) in [6.07, 6.45) is 1.31. The molecule has 5 nitrogen and oxygen atoms in total. The van der Waals surface area contributed by atoms with Crippen molar-refractivity contribution in [2.24, 2.45) is 0 Å². The minimum absolute atomic E-state index is 0.330. The lowest BCUT2D eigenvalue weighted by Gasteiger charge is -2.29. The van der Waals surface area contributed by atoms with Gasteiger partial charge in [0.25, 0.3) is 0 Å². The molecule has 0 fully saturated rings. The number of aliphatic carboxylic acids is 1. The summed E-state index contributed by atoms with van der Waals surface area (Å²) in [5.41, 5.74) is 1.94. The van der Waals surface area contributed by atoms with Gasteiger partial charge in [0.05, 0.1) is 0 Å². The molecular weight excluding hydrogens is 256 g/mol. The summed E-state index contributed by atoms with van der Waals surface area (Å²) in [5.74, 6) is -0.988. The number of benzene rings is 1. The Labute approximate surface area is 119 Å². The van der Waals surface area contributed by atoms with Crippen molar-refractivity contribution in [2.45, 2.75) is 32.7 Å². The van der Waals surface area contributed by atoms with E-state index < -0.39 is 12.0 Å². The molecule has 110 valence electrons. The molecule has 0 saturated heterocycles. The van der Waals surface area contributed by atoms with Crippen LogP contribution in [0, 0.1) is 0 Å².